The number of hydrogen-bond acceptors (Lipinski definition) is 5. The molecule has 2 aromatic carbocycles. The molecule has 0 saturated carbocycles. The minimum Gasteiger partial charge on any atom is -0.497 e. The van der Waals surface area contributed by atoms with Crippen LogP contribution in [0.15, 0.2) is 53.3 Å². The number of rotatable bonds is 5. The van der Waals surface area contributed by atoms with Crippen LogP contribution in [0.1, 0.15) is 39.3 Å². The Kier molecular flexibility index (Phi) is 5.77. The molecule has 4 rings (SSSR count). The maximum Gasteiger partial charge on any atom is 0.268 e. The van der Waals surface area contributed by atoms with E-state index in [1.54, 1.807) is 18.2 Å². The molecule has 32 heavy (non-hydrogen) atoms. The van der Waals surface area contributed by atoms with E-state index < -0.39 is 17.3 Å². The molecule has 1 N–H and O–H groups in total. The van der Waals surface area contributed by atoms with Crippen LogP contribution >= 0.6 is 0 Å². The molecule has 1 heterocycles. The molecule has 164 valence electrons. The van der Waals surface area contributed by atoms with Gasteiger partial charge in [0.1, 0.15) is 22.9 Å². The number of methoxy groups -OCH3 is 2. The zero-order valence-corrected chi connectivity index (χ0v) is 17.6. The summed E-state index contributed by atoms with van der Waals surface area (Å²) in [6, 6.07) is 11.5. The lowest BCUT2D eigenvalue weighted by Gasteiger charge is -2.21. The number of nitrogens with one attached hydrogen (secondary N) is 1. The van der Waals surface area contributed by atoms with Gasteiger partial charge in [-0.1, -0.05) is 0 Å². The van der Waals surface area contributed by atoms with Crippen molar-refractivity contribution in [3.63, 3.8) is 0 Å². The van der Waals surface area contributed by atoms with Crippen LogP contribution < -0.4 is 20.3 Å². The summed E-state index contributed by atoms with van der Waals surface area (Å²) in [5.74, 6) is -0.345. The number of Topliss-reactive ketones (excluding diaryl/α,β-unsaturated/α-hetero) is 1. The molecule has 0 bridgehead atoms. The molecule has 0 unspecified atom stereocenters. The first-order chi connectivity index (χ1) is 15.4. The fourth-order valence-corrected chi connectivity index (χ4v) is 3.80. The molecule has 3 aromatic rings. The quantitative estimate of drug-likeness (QED) is 0.658. The van der Waals surface area contributed by atoms with Gasteiger partial charge in [-0.2, -0.15) is 0 Å². The second kappa shape index (κ2) is 8.66. The Morgan fingerprint density at radius 2 is 1.62 bits per heavy atom. The van der Waals surface area contributed by atoms with Crippen LogP contribution in [0.4, 0.5) is 10.1 Å². The highest BCUT2D eigenvalue weighted by Crippen LogP contribution is 2.27. The van der Waals surface area contributed by atoms with E-state index in [9.17, 15) is 18.8 Å². The molecule has 1 aliphatic rings. The van der Waals surface area contributed by atoms with E-state index >= 15 is 0 Å². The Balaban J connectivity index is 1.83. The van der Waals surface area contributed by atoms with Crippen molar-refractivity contribution in [3.8, 4) is 17.2 Å². The van der Waals surface area contributed by atoms with Crippen molar-refractivity contribution < 1.29 is 23.5 Å². The summed E-state index contributed by atoms with van der Waals surface area (Å²) in [6.07, 6.45) is 1.44. The Labute approximate surface area is 183 Å². The summed E-state index contributed by atoms with van der Waals surface area (Å²) in [4.78, 5) is 39.0. The van der Waals surface area contributed by atoms with Crippen molar-refractivity contribution in [3.05, 3.63) is 81.5 Å². The maximum absolute atomic E-state index is 13.5. The topological polar surface area (TPSA) is 86.6 Å². The SMILES string of the molecule is COc1cc(NC(=O)c2cc3c(n(-c4ccc(F)cc4)c2=O)CCCC3=O)cc(OC)c1. The zero-order valence-electron chi connectivity index (χ0n) is 17.6. The predicted octanol–water partition coefficient (Wildman–Crippen LogP) is 3.77. The molecule has 1 amide bonds. The summed E-state index contributed by atoms with van der Waals surface area (Å²) in [7, 11) is 2.97. The molecule has 7 nitrogen and oxygen atoms in total. The number of fused-ring (bicyclic) bond motifs is 1. The van der Waals surface area contributed by atoms with E-state index in [0.29, 0.717) is 53.4 Å². The molecule has 8 heteroatoms. The van der Waals surface area contributed by atoms with Gasteiger partial charge in [0.05, 0.1) is 14.2 Å². The third-order valence-corrected chi connectivity index (χ3v) is 5.36. The van der Waals surface area contributed by atoms with E-state index in [1.165, 1.54) is 49.1 Å². The molecule has 0 aliphatic heterocycles. The number of carbonyl (C=O) groups is 2. The van der Waals surface area contributed by atoms with Gasteiger partial charge in [0.2, 0.25) is 0 Å². The summed E-state index contributed by atoms with van der Waals surface area (Å²) in [5, 5.41) is 2.67. The molecule has 1 aliphatic carbocycles. The number of ether oxygens (including phenoxy) is 2. The monoisotopic (exact) mass is 436 g/mol. The van der Waals surface area contributed by atoms with E-state index in [4.69, 9.17) is 9.47 Å². The Morgan fingerprint density at radius 3 is 2.25 bits per heavy atom. The number of aromatic nitrogens is 1. The lowest BCUT2D eigenvalue weighted by atomic mass is 9.92. The molecule has 0 fully saturated rings. The number of nitrogens with zero attached hydrogens (tertiary/aromatic N) is 1. The van der Waals surface area contributed by atoms with Crippen LogP contribution in [0.25, 0.3) is 5.69 Å². The number of ketones is 1. The average molecular weight is 436 g/mol. The summed E-state index contributed by atoms with van der Waals surface area (Å²) in [6.45, 7) is 0. The van der Waals surface area contributed by atoms with E-state index in [1.807, 2.05) is 0 Å². The molecule has 1 aromatic heterocycles. The maximum atomic E-state index is 13.5. The van der Waals surface area contributed by atoms with Crippen LogP contribution in [0.3, 0.4) is 0 Å². The van der Waals surface area contributed by atoms with Crippen molar-refractivity contribution in [2.24, 2.45) is 0 Å². The van der Waals surface area contributed by atoms with Gasteiger partial charge >= 0.3 is 0 Å². The first-order valence-corrected chi connectivity index (χ1v) is 10.0. The molecule has 0 atom stereocenters. The second-order valence-electron chi connectivity index (χ2n) is 7.37. The molecular weight excluding hydrogens is 415 g/mol. The highest BCUT2D eigenvalue weighted by atomic mass is 19.1. The van der Waals surface area contributed by atoms with Crippen LogP contribution in [0.5, 0.6) is 11.5 Å². The number of carbonyl (C=O) groups excluding carboxylic acids is 2. The average Bonchev–Trinajstić information content (AvgIpc) is 2.79. The third-order valence-electron chi connectivity index (χ3n) is 5.36. The molecule has 0 radical (unpaired) electrons. The summed E-state index contributed by atoms with van der Waals surface area (Å²) >= 11 is 0. The van der Waals surface area contributed by atoms with Gasteiger partial charge in [0.15, 0.2) is 5.78 Å². The standard InChI is InChI=1S/C24H21FN2O5/c1-31-17-10-15(11-18(12-17)32-2)26-23(29)20-13-19-21(4-3-5-22(19)28)27(24(20)30)16-8-6-14(25)7-9-16/h6-13H,3-5H2,1-2H3,(H,26,29). The Bertz CT molecular complexity index is 1240. The van der Waals surface area contributed by atoms with Crippen molar-refractivity contribution in [2.45, 2.75) is 19.3 Å². The minimum absolute atomic E-state index is 0.140. The van der Waals surface area contributed by atoms with Gasteiger partial charge in [0, 0.05) is 47.3 Å². The van der Waals surface area contributed by atoms with Crippen molar-refractivity contribution in [1.29, 1.82) is 0 Å². The number of amides is 1. The molecular formula is C24H21FN2O5. The van der Waals surface area contributed by atoms with Crippen LogP contribution in [0, 0.1) is 5.82 Å². The largest absolute Gasteiger partial charge is 0.497 e. The van der Waals surface area contributed by atoms with Gasteiger partial charge in [-0.25, -0.2) is 4.39 Å². The number of pyridine rings is 1. The molecule has 0 spiro atoms. The van der Waals surface area contributed by atoms with Crippen molar-refractivity contribution in [1.82, 2.24) is 4.57 Å². The van der Waals surface area contributed by atoms with Gasteiger partial charge < -0.3 is 14.8 Å². The summed E-state index contributed by atoms with van der Waals surface area (Å²) < 4.78 is 25.2. The Morgan fingerprint density at radius 1 is 0.969 bits per heavy atom. The Hall–Kier alpha value is -3.94. The van der Waals surface area contributed by atoms with E-state index in [2.05, 4.69) is 5.32 Å². The van der Waals surface area contributed by atoms with Gasteiger partial charge in [0.25, 0.3) is 11.5 Å². The smallest absolute Gasteiger partial charge is 0.268 e. The normalized spacial score (nSPS) is 12.8. The van der Waals surface area contributed by atoms with Crippen LogP contribution in [0.2, 0.25) is 0 Å². The first-order valence-electron chi connectivity index (χ1n) is 10.0. The van der Waals surface area contributed by atoms with Gasteiger partial charge in [-0.3, -0.25) is 19.0 Å². The van der Waals surface area contributed by atoms with Crippen molar-refractivity contribution >= 4 is 17.4 Å². The van der Waals surface area contributed by atoms with Gasteiger partial charge in [-0.05, 0) is 43.2 Å². The number of halogens is 1. The van der Waals surface area contributed by atoms with E-state index in [0.717, 1.165) is 0 Å². The highest BCUT2D eigenvalue weighted by molar-refractivity contribution is 6.07. The summed E-state index contributed by atoms with van der Waals surface area (Å²) in [5.41, 5.74) is 0.830. The predicted molar refractivity (Wildman–Crippen MR) is 117 cm³/mol. The van der Waals surface area contributed by atoms with Crippen LogP contribution in [-0.4, -0.2) is 30.5 Å². The number of benzene rings is 2. The zero-order chi connectivity index (χ0) is 22.8. The van der Waals surface area contributed by atoms with Crippen molar-refractivity contribution in [2.75, 3.05) is 19.5 Å². The third kappa shape index (κ3) is 3.99. The second-order valence-corrected chi connectivity index (χ2v) is 7.37. The highest BCUT2D eigenvalue weighted by Gasteiger charge is 2.26. The minimum atomic E-state index is -0.678. The number of hydrogen-bond donors (Lipinski definition) is 1. The lowest BCUT2D eigenvalue weighted by molar-refractivity contribution is 0.0971. The first kappa shape index (κ1) is 21.3. The van der Waals surface area contributed by atoms with Crippen LogP contribution in [-0.2, 0) is 6.42 Å². The molecule has 0 saturated heterocycles. The number of anilines is 1. The lowest BCUT2D eigenvalue weighted by Crippen LogP contribution is -2.33. The fraction of sp³-hybridized carbons (Fsp3) is 0.208. The van der Waals surface area contributed by atoms with E-state index in [-0.39, 0.29) is 11.3 Å². The van der Waals surface area contributed by atoms with Gasteiger partial charge in [-0.15, -0.1) is 0 Å². The fourth-order valence-electron chi connectivity index (χ4n) is 3.80.